The predicted molar refractivity (Wildman–Crippen MR) is 119 cm³/mol. The van der Waals surface area contributed by atoms with Gasteiger partial charge in [0.1, 0.15) is 10.7 Å². The lowest BCUT2D eigenvalue weighted by atomic mass is 10.1. The smallest absolute Gasteiger partial charge is 0.263 e. The number of halogens is 1. The van der Waals surface area contributed by atoms with Gasteiger partial charge in [-0.1, -0.05) is 23.7 Å². The van der Waals surface area contributed by atoms with Crippen molar-refractivity contribution >= 4 is 44.3 Å². The van der Waals surface area contributed by atoms with Crippen LogP contribution in [0.1, 0.15) is 6.42 Å². The number of anilines is 2. The molecular formula is C20H17ClN6O4S. The highest BCUT2D eigenvalue weighted by Gasteiger charge is 2.23. The minimum Gasteiger partial charge on any atom is -0.490 e. The minimum atomic E-state index is -3.97. The number of nitrogens with zero attached hydrogens (tertiary/aromatic N) is 3. The van der Waals surface area contributed by atoms with Crippen LogP contribution >= 0.6 is 11.6 Å². The largest absolute Gasteiger partial charge is 0.490 e. The Balaban J connectivity index is 1.40. The van der Waals surface area contributed by atoms with Gasteiger partial charge in [-0.05, 0) is 12.1 Å². The van der Waals surface area contributed by atoms with Crippen molar-refractivity contribution in [3.05, 3.63) is 47.6 Å². The minimum absolute atomic E-state index is 0.0419. The Morgan fingerprint density at radius 1 is 1.09 bits per heavy atom. The van der Waals surface area contributed by atoms with Crippen molar-refractivity contribution in [2.75, 3.05) is 23.7 Å². The van der Waals surface area contributed by atoms with Gasteiger partial charge in [0.15, 0.2) is 17.0 Å². The van der Waals surface area contributed by atoms with E-state index in [0.29, 0.717) is 59.5 Å². The molecule has 12 heteroatoms. The van der Waals surface area contributed by atoms with Gasteiger partial charge in [0.25, 0.3) is 10.0 Å². The maximum Gasteiger partial charge on any atom is 0.263 e. The van der Waals surface area contributed by atoms with Crippen LogP contribution in [0, 0.1) is 0 Å². The maximum atomic E-state index is 13.0. The van der Waals surface area contributed by atoms with Gasteiger partial charge in [0.05, 0.1) is 30.1 Å². The molecule has 0 saturated carbocycles. The molecule has 0 atom stereocenters. The first-order valence-corrected chi connectivity index (χ1v) is 11.5. The van der Waals surface area contributed by atoms with Crippen molar-refractivity contribution in [1.29, 1.82) is 0 Å². The number of nitrogen functional groups attached to an aromatic ring is 1. The summed E-state index contributed by atoms with van der Waals surface area (Å²) < 4.78 is 39.6. The molecule has 1 aliphatic rings. The molecule has 2 aromatic heterocycles. The molecule has 5 rings (SSSR count). The molecular weight excluding hydrogens is 456 g/mol. The van der Waals surface area contributed by atoms with Gasteiger partial charge >= 0.3 is 0 Å². The van der Waals surface area contributed by atoms with Crippen LogP contribution in [0.2, 0.25) is 5.02 Å². The van der Waals surface area contributed by atoms with Gasteiger partial charge in [-0.25, -0.2) is 18.4 Å². The molecule has 0 aliphatic carbocycles. The van der Waals surface area contributed by atoms with Gasteiger partial charge in [0.2, 0.25) is 5.65 Å². The van der Waals surface area contributed by atoms with Crippen LogP contribution in [0.15, 0.2) is 47.5 Å². The summed E-state index contributed by atoms with van der Waals surface area (Å²) in [6, 6.07) is 9.51. The third-order valence-electron chi connectivity index (χ3n) is 4.82. The second-order valence-electron chi connectivity index (χ2n) is 7.03. The Kier molecular flexibility index (Phi) is 4.98. The Morgan fingerprint density at radius 2 is 1.81 bits per heavy atom. The quantitative estimate of drug-likeness (QED) is 0.410. The molecule has 1 aliphatic heterocycles. The van der Waals surface area contributed by atoms with Crippen molar-refractivity contribution in [3.8, 4) is 22.8 Å². The zero-order valence-electron chi connectivity index (χ0n) is 16.5. The van der Waals surface area contributed by atoms with E-state index in [9.17, 15) is 8.42 Å². The summed E-state index contributed by atoms with van der Waals surface area (Å²) in [6.45, 7) is 0.910. The summed E-state index contributed by atoms with van der Waals surface area (Å²) in [5.74, 6) is 1.11. The SMILES string of the molecule is Nc1[nH]nc2nc(-c3ccc(NS(=O)(=O)c4cc5c(cc4Cl)OCCCO5)cc3)cnc12. The third-order valence-corrected chi connectivity index (χ3v) is 6.66. The van der Waals surface area contributed by atoms with Crippen molar-refractivity contribution in [3.63, 3.8) is 0 Å². The summed E-state index contributed by atoms with van der Waals surface area (Å²) in [5.41, 5.74) is 8.29. The molecule has 0 spiro atoms. The second-order valence-corrected chi connectivity index (χ2v) is 9.09. The normalized spacial score (nSPS) is 13.7. The Labute approximate surface area is 187 Å². The van der Waals surface area contributed by atoms with Crippen LogP contribution in [-0.4, -0.2) is 41.8 Å². The number of hydrogen-bond donors (Lipinski definition) is 3. The summed E-state index contributed by atoms with van der Waals surface area (Å²) >= 11 is 6.23. The topological polar surface area (TPSA) is 145 Å². The summed E-state index contributed by atoms with van der Waals surface area (Å²) in [6.07, 6.45) is 2.27. The molecule has 32 heavy (non-hydrogen) atoms. The molecule has 0 unspecified atom stereocenters. The fraction of sp³-hybridized carbons (Fsp3) is 0.150. The number of aromatic amines is 1. The first kappa shape index (κ1) is 20.3. The molecule has 0 fully saturated rings. The number of nitrogens with one attached hydrogen (secondary N) is 2. The lowest BCUT2D eigenvalue weighted by molar-refractivity contribution is 0.297. The standard InChI is InChI=1S/C20H17ClN6O4S/c21-13-8-15-16(31-7-1-6-30-15)9-17(13)32(28,29)27-12-4-2-11(3-5-12)14-10-23-18-19(22)25-26-20(18)24-14/h2-5,8-10,27H,1,6-7H2,(H3,22,24,25,26). The number of rotatable bonds is 4. The van der Waals surface area contributed by atoms with E-state index in [4.69, 9.17) is 26.8 Å². The van der Waals surface area contributed by atoms with Crippen LogP contribution in [0.4, 0.5) is 11.5 Å². The van der Waals surface area contributed by atoms with Crippen LogP contribution in [0.3, 0.4) is 0 Å². The van der Waals surface area contributed by atoms with Crippen molar-refractivity contribution in [2.24, 2.45) is 0 Å². The van der Waals surface area contributed by atoms with E-state index in [1.807, 2.05) is 0 Å². The second kappa shape index (κ2) is 7.84. The molecule has 10 nitrogen and oxygen atoms in total. The van der Waals surface area contributed by atoms with E-state index in [1.54, 1.807) is 30.5 Å². The first-order chi connectivity index (χ1) is 15.4. The highest BCUT2D eigenvalue weighted by molar-refractivity contribution is 7.92. The average molecular weight is 473 g/mol. The number of hydrogen-bond acceptors (Lipinski definition) is 8. The third kappa shape index (κ3) is 3.76. The van der Waals surface area contributed by atoms with Crippen molar-refractivity contribution in [2.45, 2.75) is 11.3 Å². The van der Waals surface area contributed by atoms with Gasteiger partial charge in [0, 0.05) is 29.8 Å². The fourth-order valence-electron chi connectivity index (χ4n) is 3.24. The predicted octanol–water partition coefficient (Wildman–Crippen LogP) is 3.22. The average Bonchev–Trinajstić information content (AvgIpc) is 2.99. The number of nitrogens with two attached hydrogens (primary N) is 1. The van der Waals surface area contributed by atoms with Gasteiger partial charge < -0.3 is 15.2 Å². The number of H-pyrrole nitrogens is 1. The lowest BCUT2D eigenvalue weighted by Crippen LogP contribution is -2.13. The summed E-state index contributed by atoms with van der Waals surface area (Å²) in [5, 5.41) is 6.67. The van der Waals surface area contributed by atoms with E-state index >= 15 is 0 Å². The summed E-state index contributed by atoms with van der Waals surface area (Å²) in [7, 11) is -3.97. The molecule has 3 heterocycles. The molecule has 164 valence electrons. The Hall–Kier alpha value is -3.57. The summed E-state index contributed by atoms with van der Waals surface area (Å²) in [4.78, 5) is 8.57. The number of benzene rings is 2. The van der Waals surface area contributed by atoms with E-state index in [1.165, 1.54) is 12.1 Å². The van der Waals surface area contributed by atoms with Crippen molar-refractivity contribution < 1.29 is 17.9 Å². The van der Waals surface area contributed by atoms with Crippen LogP contribution in [-0.2, 0) is 10.0 Å². The number of sulfonamides is 1. The van der Waals surface area contributed by atoms with Crippen LogP contribution in [0.5, 0.6) is 11.5 Å². The highest BCUT2D eigenvalue weighted by atomic mass is 35.5. The molecule has 0 bridgehead atoms. The Bertz CT molecular complexity index is 1420. The van der Waals surface area contributed by atoms with Crippen molar-refractivity contribution in [1.82, 2.24) is 20.2 Å². The molecule has 0 saturated heterocycles. The van der Waals surface area contributed by atoms with E-state index in [2.05, 4.69) is 24.9 Å². The van der Waals surface area contributed by atoms with Gasteiger partial charge in [-0.15, -0.1) is 0 Å². The zero-order valence-corrected chi connectivity index (χ0v) is 18.1. The molecule has 0 radical (unpaired) electrons. The van der Waals surface area contributed by atoms with E-state index in [-0.39, 0.29) is 9.92 Å². The van der Waals surface area contributed by atoms with Gasteiger partial charge in [-0.3, -0.25) is 9.82 Å². The monoisotopic (exact) mass is 472 g/mol. The maximum absolute atomic E-state index is 13.0. The highest BCUT2D eigenvalue weighted by Crippen LogP contribution is 2.37. The molecule has 0 amide bonds. The molecule has 4 aromatic rings. The molecule has 4 N–H and O–H groups in total. The van der Waals surface area contributed by atoms with E-state index in [0.717, 1.165) is 5.56 Å². The number of ether oxygens (including phenoxy) is 2. The lowest BCUT2D eigenvalue weighted by Gasteiger charge is -2.13. The molecule has 2 aromatic carbocycles. The van der Waals surface area contributed by atoms with E-state index < -0.39 is 10.0 Å². The first-order valence-electron chi connectivity index (χ1n) is 9.60. The number of fused-ring (bicyclic) bond motifs is 2. The van der Waals surface area contributed by atoms with Crippen LogP contribution in [0.25, 0.3) is 22.4 Å². The number of aromatic nitrogens is 4. The van der Waals surface area contributed by atoms with Gasteiger partial charge in [-0.2, -0.15) is 5.10 Å². The van der Waals surface area contributed by atoms with Crippen LogP contribution < -0.4 is 19.9 Å². The zero-order chi connectivity index (χ0) is 22.3. The fourth-order valence-corrected chi connectivity index (χ4v) is 4.84. The Morgan fingerprint density at radius 3 is 2.56 bits per heavy atom.